The lowest BCUT2D eigenvalue weighted by Crippen LogP contribution is -2.28. The van der Waals surface area contributed by atoms with Crippen LogP contribution in [0.1, 0.15) is 24.5 Å². The number of carbonyl (C=O) groups is 3. The Morgan fingerprint density at radius 3 is 2.56 bits per heavy atom. The molecular formula is C21H23N3O3. The number of fused-ring (bicyclic) bond motifs is 1. The van der Waals surface area contributed by atoms with E-state index in [2.05, 4.69) is 10.6 Å². The van der Waals surface area contributed by atoms with Crippen molar-refractivity contribution in [2.45, 2.75) is 26.2 Å². The molecule has 0 atom stereocenters. The molecule has 3 rings (SSSR count). The molecule has 0 bridgehead atoms. The topological polar surface area (TPSA) is 78.5 Å². The maximum absolute atomic E-state index is 12.1. The van der Waals surface area contributed by atoms with E-state index in [1.807, 2.05) is 42.5 Å². The van der Waals surface area contributed by atoms with Gasteiger partial charge in [0.1, 0.15) is 0 Å². The van der Waals surface area contributed by atoms with Crippen molar-refractivity contribution in [3.8, 4) is 0 Å². The van der Waals surface area contributed by atoms with Gasteiger partial charge in [0.15, 0.2) is 0 Å². The standard InChI is InChI=1S/C21H23N3O3/c1-15(25)24-12-10-17-14-18(7-8-19(17)24)23-20(26)9-11-22-21(27)13-16-5-3-2-4-6-16/h2-8,14H,9-13H2,1H3,(H,22,27)(H,23,26). The summed E-state index contributed by atoms with van der Waals surface area (Å²) in [6.07, 6.45) is 1.30. The zero-order valence-electron chi connectivity index (χ0n) is 15.3. The van der Waals surface area contributed by atoms with Gasteiger partial charge in [0.25, 0.3) is 0 Å². The van der Waals surface area contributed by atoms with Gasteiger partial charge in [0.2, 0.25) is 17.7 Å². The minimum Gasteiger partial charge on any atom is -0.355 e. The Hall–Kier alpha value is -3.15. The smallest absolute Gasteiger partial charge is 0.226 e. The minimum absolute atomic E-state index is 0.0248. The summed E-state index contributed by atoms with van der Waals surface area (Å²) >= 11 is 0. The van der Waals surface area contributed by atoms with Gasteiger partial charge in [-0.25, -0.2) is 0 Å². The molecule has 6 nitrogen and oxygen atoms in total. The van der Waals surface area contributed by atoms with Crippen molar-refractivity contribution in [2.24, 2.45) is 0 Å². The first-order valence-corrected chi connectivity index (χ1v) is 9.04. The van der Waals surface area contributed by atoms with Crippen molar-refractivity contribution >= 4 is 29.1 Å². The van der Waals surface area contributed by atoms with Gasteiger partial charge in [0.05, 0.1) is 6.42 Å². The molecule has 0 aromatic heterocycles. The van der Waals surface area contributed by atoms with Gasteiger partial charge < -0.3 is 15.5 Å². The summed E-state index contributed by atoms with van der Waals surface area (Å²) in [5.74, 6) is -0.232. The Morgan fingerprint density at radius 1 is 1.04 bits per heavy atom. The van der Waals surface area contributed by atoms with Gasteiger partial charge in [0, 0.05) is 37.8 Å². The molecule has 1 aliphatic rings. The van der Waals surface area contributed by atoms with Gasteiger partial charge in [-0.05, 0) is 35.7 Å². The van der Waals surface area contributed by atoms with Crippen molar-refractivity contribution < 1.29 is 14.4 Å². The second kappa shape index (κ2) is 8.49. The van der Waals surface area contributed by atoms with E-state index >= 15 is 0 Å². The molecule has 1 heterocycles. The molecule has 0 fully saturated rings. The predicted molar refractivity (Wildman–Crippen MR) is 105 cm³/mol. The molecule has 3 amide bonds. The van der Waals surface area contributed by atoms with Crippen molar-refractivity contribution in [3.63, 3.8) is 0 Å². The van der Waals surface area contributed by atoms with Crippen molar-refractivity contribution in [1.29, 1.82) is 0 Å². The van der Waals surface area contributed by atoms with Crippen LogP contribution in [-0.2, 0) is 27.2 Å². The molecule has 0 spiro atoms. The third-order valence-electron chi connectivity index (χ3n) is 4.52. The Bertz CT molecular complexity index is 849. The van der Waals surface area contributed by atoms with Gasteiger partial charge in [-0.15, -0.1) is 0 Å². The van der Waals surface area contributed by atoms with E-state index < -0.39 is 0 Å². The fourth-order valence-corrected chi connectivity index (χ4v) is 3.19. The molecule has 2 aromatic carbocycles. The normalized spacial score (nSPS) is 12.4. The second-order valence-electron chi connectivity index (χ2n) is 6.57. The summed E-state index contributed by atoms with van der Waals surface area (Å²) in [4.78, 5) is 37.3. The molecule has 0 unspecified atom stereocenters. The van der Waals surface area contributed by atoms with Crippen LogP contribution in [0.2, 0.25) is 0 Å². The van der Waals surface area contributed by atoms with Crippen LogP contribution >= 0.6 is 0 Å². The monoisotopic (exact) mass is 365 g/mol. The van der Waals surface area contributed by atoms with Crippen LogP contribution in [0.3, 0.4) is 0 Å². The summed E-state index contributed by atoms with van der Waals surface area (Å²) < 4.78 is 0. The van der Waals surface area contributed by atoms with Crippen molar-refractivity contribution in [1.82, 2.24) is 5.32 Å². The van der Waals surface area contributed by atoms with Crippen molar-refractivity contribution in [3.05, 3.63) is 59.7 Å². The lowest BCUT2D eigenvalue weighted by molar-refractivity contribution is -0.120. The highest BCUT2D eigenvalue weighted by molar-refractivity contribution is 5.95. The summed E-state index contributed by atoms with van der Waals surface area (Å²) in [6.45, 7) is 2.52. The number of amides is 3. The van der Waals surface area contributed by atoms with E-state index in [1.165, 1.54) is 0 Å². The van der Waals surface area contributed by atoms with Crippen LogP contribution < -0.4 is 15.5 Å². The van der Waals surface area contributed by atoms with Crippen LogP contribution in [0.5, 0.6) is 0 Å². The number of nitrogens with zero attached hydrogens (tertiary/aromatic N) is 1. The fraction of sp³-hybridized carbons (Fsp3) is 0.286. The van der Waals surface area contributed by atoms with E-state index in [1.54, 1.807) is 17.9 Å². The molecule has 0 saturated heterocycles. The molecule has 0 radical (unpaired) electrons. The molecule has 140 valence electrons. The maximum atomic E-state index is 12.1. The highest BCUT2D eigenvalue weighted by Crippen LogP contribution is 2.30. The van der Waals surface area contributed by atoms with Crippen LogP contribution in [-0.4, -0.2) is 30.8 Å². The number of benzene rings is 2. The number of hydrogen-bond donors (Lipinski definition) is 2. The Labute approximate surface area is 158 Å². The average molecular weight is 365 g/mol. The quantitative estimate of drug-likeness (QED) is 0.824. The van der Waals surface area contributed by atoms with Gasteiger partial charge in [-0.1, -0.05) is 30.3 Å². The molecule has 27 heavy (non-hydrogen) atoms. The van der Waals surface area contributed by atoms with Crippen LogP contribution in [0.25, 0.3) is 0 Å². The van der Waals surface area contributed by atoms with Gasteiger partial charge >= 0.3 is 0 Å². The maximum Gasteiger partial charge on any atom is 0.226 e. The van der Waals surface area contributed by atoms with Crippen LogP contribution in [0.4, 0.5) is 11.4 Å². The number of hydrogen-bond acceptors (Lipinski definition) is 3. The van der Waals surface area contributed by atoms with E-state index in [9.17, 15) is 14.4 Å². The lowest BCUT2D eigenvalue weighted by Gasteiger charge is -2.15. The first-order valence-electron chi connectivity index (χ1n) is 9.04. The molecular weight excluding hydrogens is 342 g/mol. The lowest BCUT2D eigenvalue weighted by atomic mass is 10.1. The first-order chi connectivity index (χ1) is 13.0. The van der Waals surface area contributed by atoms with Crippen molar-refractivity contribution in [2.75, 3.05) is 23.3 Å². The third kappa shape index (κ3) is 4.94. The highest BCUT2D eigenvalue weighted by Gasteiger charge is 2.22. The zero-order chi connectivity index (χ0) is 19.2. The summed E-state index contributed by atoms with van der Waals surface area (Å²) in [7, 11) is 0. The van der Waals surface area contributed by atoms with Gasteiger partial charge in [-0.3, -0.25) is 14.4 Å². The van der Waals surface area contributed by atoms with Crippen LogP contribution in [0, 0.1) is 0 Å². The number of carbonyl (C=O) groups excluding carboxylic acids is 3. The summed E-state index contributed by atoms with van der Waals surface area (Å²) in [5.41, 5.74) is 3.62. The van der Waals surface area contributed by atoms with Crippen LogP contribution in [0.15, 0.2) is 48.5 Å². The fourth-order valence-electron chi connectivity index (χ4n) is 3.19. The van der Waals surface area contributed by atoms with E-state index in [0.717, 1.165) is 23.2 Å². The highest BCUT2D eigenvalue weighted by atomic mass is 16.2. The Morgan fingerprint density at radius 2 is 1.81 bits per heavy atom. The summed E-state index contributed by atoms with van der Waals surface area (Å²) in [6, 6.07) is 15.0. The van der Waals surface area contributed by atoms with E-state index in [4.69, 9.17) is 0 Å². The molecule has 0 aliphatic carbocycles. The third-order valence-corrected chi connectivity index (χ3v) is 4.52. The predicted octanol–water partition coefficient (Wildman–Crippen LogP) is 2.28. The molecule has 1 aliphatic heterocycles. The SMILES string of the molecule is CC(=O)N1CCc2cc(NC(=O)CCNC(=O)Cc3ccccc3)ccc21. The van der Waals surface area contributed by atoms with E-state index in [0.29, 0.717) is 25.2 Å². The largest absolute Gasteiger partial charge is 0.355 e. The zero-order valence-corrected chi connectivity index (χ0v) is 15.3. The molecule has 2 aromatic rings. The Balaban J connectivity index is 1.45. The number of anilines is 2. The first kappa shape index (κ1) is 18.6. The average Bonchev–Trinajstić information content (AvgIpc) is 3.06. The molecule has 2 N–H and O–H groups in total. The number of rotatable bonds is 6. The van der Waals surface area contributed by atoms with E-state index in [-0.39, 0.29) is 24.1 Å². The number of nitrogens with one attached hydrogen (secondary N) is 2. The van der Waals surface area contributed by atoms with Gasteiger partial charge in [-0.2, -0.15) is 0 Å². The Kier molecular flexibility index (Phi) is 5.86. The minimum atomic E-state index is -0.156. The summed E-state index contributed by atoms with van der Waals surface area (Å²) in [5, 5.41) is 5.61. The molecule has 0 saturated carbocycles. The second-order valence-corrected chi connectivity index (χ2v) is 6.57. The molecule has 6 heteroatoms.